The number of benzene rings is 2. The predicted octanol–water partition coefficient (Wildman–Crippen LogP) is 6.00. The number of halogens is 2. The Bertz CT molecular complexity index is 754. The highest BCUT2D eigenvalue weighted by Crippen LogP contribution is 2.33. The second kappa shape index (κ2) is 8.41. The van der Waals surface area contributed by atoms with E-state index in [4.69, 9.17) is 16.3 Å². The highest BCUT2D eigenvalue weighted by molar-refractivity contribution is 6.17. The van der Waals surface area contributed by atoms with Crippen LogP contribution in [0.5, 0.6) is 5.75 Å². The summed E-state index contributed by atoms with van der Waals surface area (Å²) in [5, 5.41) is 0. The molecular weight excluding hydrogens is 349 g/mol. The van der Waals surface area contributed by atoms with E-state index in [2.05, 4.69) is 24.8 Å². The van der Waals surface area contributed by atoms with E-state index in [-0.39, 0.29) is 5.82 Å². The predicted molar refractivity (Wildman–Crippen MR) is 106 cm³/mol. The molecule has 0 radical (unpaired) electrons. The number of piperidine rings is 1. The van der Waals surface area contributed by atoms with Crippen molar-refractivity contribution in [3.05, 3.63) is 53.3 Å². The smallest absolute Gasteiger partial charge is 0.131 e. The summed E-state index contributed by atoms with van der Waals surface area (Å²) in [4.78, 5) is 2.53. The maximum Gasteiger partial charge on any atom is 0.131 e. The van der Waals surface area contributed by atoms with Gasteiger partial charge < -0.3 is 4.74 Å². The fourth-order valence-electron chi connectivity index (χ4n) is 3.94. The van der Waals surface area contributed by atoms with Crippen molar-refractivity contribution in [2.45, 2.75) is 57.6 Å². The van der Waals surface area contributed by atoms with E-state index in [1.165, 1.54) is 25.3 Å². The monoisotopic (exact) mass is 375 g/mol. The molecule has 2 nitrogen and oxygen atoms in total. The summed E-state index contributed by atoms with van der Waals surface area (Å²) in [5.74, 6) is 0.887. The zero-order valence-electron chi connectivity index (χ0n) is 15.8. The molecule has 1 aliphatic rings. The Morgan fingerprint density at radius 2 is 1.81 bits per heavy atom. The van der Waals surface area contributed by atoms with Crippen LogP contribution in [0.3, 0.4) is 0 Å². The summed E-state index contributed by atoms with van der Waals surface area (Å²) < 4.78 is 19.9. The molecule has 0 aliphatic carbocycles. The minimum Gasteiger partial charge on any atom is -0.497 e. The molecule has 0 aromatic heterocycles. The lowest BCUT2D eigenvalue weighted by molar-refractivity contribution is 0.0954. The molecule has 3 rings (SSSR count). The number of likely N-dealkylation sites (tertiary alicyclic amines) is 1. The molecule has 4 heteroatoms. The van der Waals surface area contributed by atoms with Gasteiger partial charge in [-0.05, 0) is 61.6 Å². The van der Waals surface area contributed by atoms with Crippen molar-refractivity contribution in [3.8, 4) is 16.9 Å². The van der Waals surface area contributed by atoms with E-state index in [1.54, 1.807) is 19.2 Å². The highest BCUT2D eigenvalue weighted by Gasteiger charge is 2.26. The first-order valence-corrected chi connectivity index (χ1v) is 9.84. The van der Waals surface area contributed by atoms with Gasteiger partial charge in [0.1, 0.15) is 11.6 Å². The van der Waals surface area contributed by atoms with Crippen LogP contribution in [0, 0.1) is 5.82 Å². The van der Waals surface area contributed by atoms with Crippen LogP contribution in [0.1, 0.15) is 44.2 Å². The fraction of sp³-hybridized carbons (Fsp3) is 0.455. The van der Waals surface area contributed by atoms with Gasteiger partial charge in [-0.2, -0.15) is 0 Å². The van der Waals surface area contributed by atoms with Gasteiger partial charge in [0, 0.05) is 30.1 Å². The molecule has 0 bridgehead atoms. The molecule has 2 atom stereocenters. The summed E-state index contributed by atoms with van der Waals surface area (Å²) >= 11 is 6.07. The number of hydrogen-bond acceptors (Lipinski definition) is 2. The van der Waals surface area contributed by atoms with Crippen molar-refractivity contribution in [1.29, 1.82) is 0 Å². The van der Waals surface area contributed by atoms with Crippen molar-refractivity contribution >= 4 is 11.6 Å². The average molecular weight is 376 g/mol. The SMILES string of the molecule is COc1ccc(F)c(-c2ccc(CCl)cc2CN2C(C)CCC[C@@H]2C)c1. The van der Waals surface area contributed by atoms with Gasteiger partial charge in [0.05, 0.1) is 7.11 Å². The third-order valence-corrected chi connectivity index (χ3v) is 5.83. The van der Waals surface area contributed by atoms with Gasteiger partial charge in [-0.3, -0.25) is 4.90 Å². The van der Waals surface area contributed by atoms with Gasteiger partial charge in [0.2, 0.25) is 0 Å². The van der Waals surface area contributed by atoms with Crippen LogP contribution >= 0.6 is 11.6 Å². The lowest BCUT2D eigenvalue weighted by Gasteiger charge is -2.39. The van der Waals surface area contributed by atoms with Crippen molar-refractivity contribution in [3.63, 3.8) is 0 Å². The largest absolute Gasteiger partial charge is 0.497 e. The molecule has 0 N–H and O–H groups in total. The third-order valence-electron chi connectivity index (χ3n) is 5.52. The summed E-state index contributed by atoms with van der Waals surface area (Å²) in [6, 6.07) is 12.0. The molecule has 1 aliphatic heterocycles. The Morgan fingerprint density at radius 1 is 1.08 bits per heavy atom. The number of hydrogen-bond donors (Lipinski definition) is 0. The topological polar surface area (TPSA) is 12.5 Å². The van der Waals surface area contributed by atoms with Crippen LogP contribution in [-0.4, -0.2) is 24.1 Å². The summed E-state index contributed by atoms with van der Waals surface area (Å²) in [6.45, 7) is 5.37. The number of alkyl halides is 1. The molecule has 1 unspecified atom stereocenters. The van der Waals surface area contributed by atoms with Gasteiger partial charge in [-0.1, -0.05) is 24.6 Å². The number of nitrogens with zero attached hydrogens (tertiary/aromatic N) is 1. The maximum atomic E-state index is 14.6. The minimum absolute atomic E-state index is 0.231. The standard InChI is InChI=1S/C22H27ClFNO/c1-15-5-4-6-16(2)25(15)14-18-11-17(13-23)7-9-20(18)21-12-19(26-3)8-10-22(21)24/h7-12,15-16H,4-6,13-14H2,1-3H3/t15-,16?/m0/s1. The van der Waals surface area contributed by atoms with Gasteiger partial charge in [-0.15, -0.1) is 11.6 Å². The Hall–Kier alpha value is -1.58. The van der Waals surface area contributed by atoms with Gasteiger partial charge in [0.25, 0.3) is 0 Å². The normalized spacial score (nSPS) is 21.0. The molecule has 2 aromatic rings. The molecule has 0 saturated carbocycles. The average Bonchev–Trinajstić information content (AvgIpc) is 2.65. The highest BCUT2D eigenvalue weighted by atomic mass is 35.5. The van der Waals surface area contributed by atoms with Crippen LogP contribution in [0.2, 0.25) is 0 Å². The van der Waals surface area contributed by atoms with E-state index in [0.29, 0.717) is 29.3 Å². The Labute approximate surface area is 160 Å². The minimum atomic E-state index is -0.231. The number of methoxy groups -OCH3 is 1. The molecule has 2 aromatic carbocycles. The summed E-state index contributed by atoms with van der Waals surface area (Å²) in [7, 11) is 1.60. The summed E-state index contributed by atoms with van der Waals surface area (Å²) in [5.41, 5.74) is 3.68. The fourth-order valence-corrected chi connectivity index (χ4v) is 4.11. The first-order chi connectivity index (χ1) is 12.5. The maximum absolute atomic E-state index is 14.6. The van der Waals surface area contributed by atoms with E-state index >= 15 is 0 Å². The van der Waals surface area contributed by atoms with Crippen LogP contribution < -0.4 is 4.74 Å². The second-order valence-electron chi connectivity index (χ2n) is 7.27. The van der Waals surface area contributed by atoms with Crippen molar-refractivity contribution in [2.24, 2.45) is 0 Å². The van der Waals surface area contributed by atoms with E-state index in [9.17, 15) is 4.39 Å². The molecule has 26 heavy (non-hydrogen) atoms. The molecular formula is C22H27ClFNO. The van der Waals surface area contributed by atoms with Crippen LogP contribution in [0.4, 0.5) is 4.39 Å². The lowest BCUT2D eigenvalue weighted by atomic mass is 9.93. The molecule has 1 fully saturated rings. The number of rotatable bonds is 5. The third kappa shape index (κ3) is 4.05. The van der Waals surface area contributed by atoms with Crippen molar-refractivity contribution in [1.82, 2.24) is 4.90 Å². The zero-order chi connectivity index (χ0) is 18.7. The Balaban J connectivity index is 2.03. The lowest BCUT2D eigenvalue weighted by Crippen LogP contribution is -2.43. The first-order valence-electron chi connectivity index (χ1n) is 9.31. The van der Waals surface area contributed by atoms with Crippen LogP contribution in [0.15, 0.2) is 36.4 Å². The van der Waals surface area contributed by atoms with Crippen molar-refractivity contribution in [2.75, 3.05) is 7.11 Å². The van der Waals surface area contributed by atoms with E-state index in [0.717, 1.165) is 23.2 Å². The van der Waals surface area contributed by atoms with Gasteiger partial charge in [0.15, 0.2) is 0 Å². The summed E-state index contributed by atoms with van der Waals surface area (Å²) in [6.07, 6.45) is 3.70. The molecule has 1 heterocycles. The van der Waals surface area contributed by atoms with Crippen LogP contribution in [-0.2, 0) is 12.4 Å². The van der Waals surface area contributed by atoms with E-state index < -0.39 is 0 Å². The zero-order valence-corrected chi connectivity index (χ0v) is 16.5. The molecule has 0 amide bonds. The van der Waals surface area contributed by atoms with Crippen LogP contribution in [0.25, 0.3) is 11.1 Å². The Kier molecular flexibility index (Phi) is 6.20. The Morgan fingerprint density at radius 3 is 2.46 bits per heavy atom. The molecule has 140 valence electrons. The second-order valence-corrected chi connectivity index (χ2v) is 7.54. The van der Waals surface area contributed by atoms with Gasteiger partial charge >= 0.3 is 0 Å². The van der Waals surface area contributed by atoms with Gasteiger partial charge in [-0.25, -0.2) is 4.39 Å². The quantitative estimate of drug-likeness (QED) is 0.594. The van der Waals surface area contributed by atoms with E-state index in [1.807, 2.05) is 12.1 Å². The molecule has 1 saturated heterocycles. The first kappa shape index (κ1) is 19.2. The number of ether oxygens (including phenoxy) is 1. The van der Waals surface area contributed by atoms with Crippen molar-refractivity contribution < 1.29 is 9.13 Å². The molecule has 0 spiro atoms.